The molecule has 3 heteroatoms. The van der Waals surface area contributed by atoms with Crippen molar-refractivity contribution < 1.29 is 0 Å². The molecule has 1 fully saturated rings. The molecule has 0 aliphatic carbocycles. The summed E-state index contributed by atoms with van der Waals surface area (Å²) in [5.74, 6) is 0.625. The monoisotopic (exact) mass is 334 g/mol. The van der Waals surface area contributed by atoms with Crippen molar-refractivity contribution in [2.75, 3.05) is 13.1 Å². The highest BCUT2D eigenvalue weighted by atomic mass is 79.9. The SMILES string of the molecule is Cn1c(C2CCNC2)c(Br)c2cc(C(C)(C)C)ccc21. The number of nitrogens with one attached hydrogen (secondary N) is 1. The minimum Gasteiger partial charge on any atom is -0.346 e. The molecule has 0 saturated carbocycles. The summed E-state index contributed by atoms with van der Waals surface area (Å²) in [6.45, 7) is 9.03. The van der Waals surface area contributed by atoms with E-state index in [4.69, 9.17) is 0 Å². The number of aromatic nitrogens is 1. The van der Waals surface area contributed by atoms with Crippen LogP contribution in [-0.2, 0) is 12.5 Å². The second-order valence-electron chi connectivity index (χ2n) is 6.93. The third-order valence-electron chi connectivity index (χ3n) is 4.49. The average molecular weight is 335 g/mol. The van der Waals surface area contributed by atoms with Crippen LogP contribution < -0.4 is 5.32 Å². The van der Waals surface area contributed by atoms with E-state index in [-0.39, 0.29) is 5.41 Å². The first kappa shape index (κ1) is 14.2. The van der Waals surface area contributed by atoms with E-state index >= 15 is 0 Å². The zero-order valence-corrected chi connectivity index (χ0v) is 14.3. The highest BCUT2D eigenvalue weighted by Gasteiger charge is 2.25. The molecule has 0 radical (unpaired) electrons. The molecule has 1 saturated heterocycles. The van der Waals surface area contributed by atoms with Crippen LogP contribution in [0.15, 0.2) is 22.7 Å². The molecule has 2 heterocycles. The Hall–Kier alpha value is -0.800. The lowest BCUT2D eigenvalue weighted by atomic mass is 9.86. The lowest BCUT2D eigenvalue weighted by Gasteiger charge is -2.19. The lowest BCUT2D eigenvalue weighted by Crippen LogP contribution is -2.10. The van der Waals surface area contributed by atoms with E-state index in [0.29, 0.717) is 5.92 Å². The minimum atomic E-state index is 0.193. The number of nitrogens with zero attached hydrogens (tertiary/aromatic N) is 1. The molecule has 1 aromatic heterocycles. The van der Waals surface area contributed by atoms with Gasteiger partial charge in [-0.25, -0.2) is 0 Å². The molecule has 1 atom stereocenters. The summed E-state index contributed by atoms with van der Waals surface area (Å²) in [5, 5.41) is 4.82. The van der Waals surface area contributed by atoms with Crippen molar-refractivity contribution in [1.82, 2.24) is 9.88 Å². The Morgan fingerprint density at radius 3 is 2.65 bits per heavy atom. The maximum absolute atomic E-state index is 3.86. The van der Waals surface area contributed by atoms with Gasteiger partial charge in [0.05, 0.1) is 0 Å². The second-order valence-corrected chi connectivity index (χ2v) is 7.72. The van der Waals surface area contributed by atoms with Gasteiger partial charge >= 0.3 is 0 Å². The molecule has 2 aromatic rings. The number of rotatable bonds is 1. The van der Waals surface area contributed by atoms with Crippen LogP contribution in [-0.4, -0.2) is 17.7 Å². The van der Waals surface area contributed by atoms with Crippen LogP contribution in [0.25, 0.3) is 10.9 Å². The molecule has 2 nitrogen and oxygen atoms in total. The third kappa shape index (κ3) is 2.21. The topological polar surface area (TPSA) is 17.0 Å². The lowest BCUT2D eigenvalue weighted by molar-refractivity contribution is 0.591. The first-order valence-electron chi connectivity index (χ1n) is 7.38. The number of benzene rings is 1. The molecule has 1 unspecified atom stereocenters. The summed E-state index contributed by atoms with van der Waals surface area (Å²) in [6, 6.07) is 6.89. The first-order valence-corrected chi connectivity index (χ1v) is 8.18. The number of fused-ring (bicyclic) bond motifs is 1. The summed E-state index contributed by atoms with van der Waals surface area (Å²) >= 11 is 3.86. The normalized spacial score (nSPS) is 19.9. The van der Waals surface area contributed by atoms with Crippen LogP contribution in [0.2, 0.25) is 0 Å². The van der Waals surface area contributed by atoms with E-state index in [1.807, 2.05) is 0 Å². The predicted octanol–water partition coefficient (Wildman–Crippen LogP) is 4.32. The molecule has 3 rings (SSSR count). The van der Waals surface area contributed by atoms with Gasteiger partial charge in [-0.3, -0.25) is 0 Å². The van der Waals surface area contributed by atoms with Crippen molar-refractivity contribution in [3.63, 3.8) is 0 Å². The Bertz CT molecular complexity index is 643. The van der Waals surface area contributed by atoms with E-state index < -0.39 is 0 Å². The minimum absolute atomic E-state index is 0.193. The molecule has 1 N–H and O–H groups in total. The molecule has 1 aliphatic rings. The maximum atomic E-state index is 3.86. The van der Waals surface area contributed by atoms with Gasteiger partial charge in [-0.2, -0.15) is 0 Å². The molecule has 0 amide bonds. The summed E-state index contributed by atoms with van der Waals surface area (Å²) in [7, 11) is 2.19. The standard InChI is InChI=1S/C17H23BrN2/c1-17(2,3)12-5-6-14-13(9-12)15(18)16(20(14)4)11-7-8-19-10-11/h5-6,9,11,19H,7-8,10H2,1-4H3. The Balaban J connectivity index is 2.19. The van der Waals surface area contributed by atoms with Crippen molar-refractivity contribution in [3.8, 4) is 0 Å². The predicted molar refractivity (Wildman–Crippen MR) is 89.5 cm³/mol. The zero-order chi connectivity index (χ0) is 14.5. The number of aryl methyl sites for hydroxylation is 1. The Morgan fingerprint density at radius 1 is 1.30 bits per heavy atom. The largest absolute Gasteiger partial charge is 0.346 e. The summed E-state index contributed by atoms with van der Waals surface area (Å²) in [6.07, 6.45) is 1.23. The molecular weight excluding hydrogens is 312 g/mol. The number of hydrogen-bond acceptors (Lipinski definition) is 1. The van der Waals surface area contributed by atoms with Gasteiger partial charge in [0.2, 0.25) is 0 Å². The maximum Gasteiger partial charge on any atom is 0.0491 e. The van der Waals surface area contributed by atoms with Crippen molar-refractivity contribution in [3.05, 3.63) is 33.9 Å². The van der Waals surface area contributed by atoms with Crippen LogP contribution in [0, 0.1) is 0 Å². The van der Waals surface area contributed by atoms with Gasteiger partial charge in [-0.05, 0) is 52.0 Å². The van der Waals surface area contributed by atoms with Gasteiger partial charge in [0, 0.05) is 40.6 Å². The smallest absolute Gasteiger partial charge is 0.0491 e. The third-order valence-corrected chi connectivity index (χ3v) is 5.33. The Labute approximate surface area is 129 Å². The van der Waals surface area contributed by atoms with Gasteiger partial charge in [-0.15, -0.1) is 0 Å². The Morgan fingerprint density at radius 2 is 2.05 bits per heavy atom. The van der Waals surface area contributed by atoms with Crippen molar-refractivity contribution in [2.45, 2.75) is 38.5 Å². The van der Waals surface area contributed by atoms with E-state index in [9.17, 15) is 0 Å². The fourth-order valence-electron chi connectivity index (χ4n) is 3.23. The van der Waals surface area contributed by atoms with E-state index in [2.05, 4.69) is 71.8 Å². The van der Waals surface area contributed by atoms with Crippen LogP contribution in [0.4, 0.5) is 0 Å². The van der Waals surface area contributed by atoms with Gasteiger partial charge < -0.3 is 9.88 Å². The molecule has 108 valence electrons. The summed E-state index contributed by atoms with van der Waals surface area (Å²) in [5.41, 5.74) is 4.36. The van der Waals surface area contributed by atoms with Gasteiger partial charge in [0.15, 0.2) is 0 Å². The highest BCUT2D eigenvalue weighted by molar-refractivity contribution is 9.10. The summed E-state index contributed by atoms with van der Waals surface area (Å²) in [4.78, 5) is 0. The van der Waals surface area contributed by atoms with E-state index in [1.54, 1.807) is 0 Å². The highest BCUT2D eigenvalue weighted by Crippen LogP contribution is 2.38. The van der Waals surface area contributed by atoms with Crippen LogP contribution >= 0.6 is 15.9 Å². The van der Waals surface area contributed by atoms with Crippen LogP contribution in [0.1, 0.15) is 44.4 Å². The van der Waals surface area contributed by atoms with Crippen LogP contribution in [0.3, 0.4) is 0 Å². The van der Waals surface area contributed by atoms with Gasteiger partial charge in [0.1, 0.15) is 0 Å². The fourth-order valence-corrected chi connectivity index (χ4v) is 4.13. The van der Waals surface area contributed by atoms with Gasteiger partial charge in [-0.1, -0.05) is 26.8 Å². The average Bonchev–Trinajstić information content (AvgIpc) is 2.97. The quantitative estimate of drug-likeness (QED) is 0.821. The second kappa shape index (κ2) is 4.88. The molecule has 0 spiro atoms. The molecule has 1 aromatic carbocycles. The first-order chi connectivity index (χ1) is 9.39. The molecular formula is C17H23BrN2. The van der Waals surface area contributed by atoms with E-state index in [1.165, 1.54) is 33.1 Å². The van der Waals surface area contributed by atoms with Crippen molar-refractivity contribution in [1.29, 1.82) is 0 Å². The fraction of sp³-hybridized carbons (Fsp3) is 0.529. The van der Waals surface area contributed by atoms with Crippen LogP contribution in [0.5, 0.6) is 0 Å². The zero-order valence-electron chi connectivity index (χ0n) is 12.8. The molecule has 1 aliphatic heterocycles. The number of hydrogen-bond donors (Lipinski definition) is 1. The molecule has 20 heavy (non-hydrogen) atoms. The van der Waals surface area contributed by atoms with E-state index in [0.717, 1.165) is 13.1 Å². The molecule has 0 bridgehead atoms. The number of halogens is 1. The summed E-state index contributed by atoms with van der Waals surface area (Å²) < 4.78 is 3.65. The van der Waals surface area contributed by atoms with Crippen molar-refractivity contribution >= 4 is 26.8 Å². The van der Waals surface area contributed by atoms with Crippen molar-refractivity contribution in [2.24, 2.45) is 7.05 Å². The van der Waals surface area contributed by atoms with Gasteiger partial charge in [0.25, 0.3) is 0 Å². The Kier molecular flexibility index (Phi) is 3.46.